The fraction of sp³-hybridized carbons (Fsp3) is 0.391. The van der Waals surface area contributed by atoms with Crippen molar-refractivity contribution in [2.45, 2.75) is 38.0 Å². The van der Waals surface area contributed by atoms with Gasteiger partial charge in [0.1, 0.15) is 19.0 Å². The number of Topliss-reactive ketones (excluding diaryl/α,β-unsaturated/α-hetero) is 1. The third kappa shape index (κ3) is 5.51. The lowest BCUT2D eigenvalue weighted by molar-refractivity contribution is 0.0448. The SMILES string of the molecule is CC(=O)c1ccccc1OCCOC(=O)c1cc(S(=O)(=O)N2CCCCC2)ccc1C. The number of para-hydroxylation sites is 1. The summed E-state index contributed by atoms with van der Waals surface area (Å²) in [5.74, 6) is -0.302. The first-order chi connectivity index (χ1) is 14.8. The number of carbonyl (C=O) groups is 2. The maximum Gasteiger partial charge on any atom is 0.338 e. The van der Waals surface area contributed by atoms with Crippen LogP contribution >= 0.6 is 0 Å². The van der Waals surface area contributed by atoms with Gasteiger partial charge in [0.05, 0.1) is 16.0 Å². The molecule has 166 valence electrons. The summed E-state index contributed by atoms with van der Waals surface area (Å²) in [6, 6.07) is 11.4. The Labute approximate surface area is 183 Å². The van der Waals surface area contributed by atoms with Crippen LogP contribution in [0.5, 0.6) is 5.75 Å². The van der Waals surface area contributed by atoms with Crippen LogP contribution in [0.1, 0.15) is 52.5 Å². The summed E-state index contributed by atoms with van der Waals surface area (Å²) < 4.78 is 38.1. The molecule has 0 bridgehead atoms. The summed E-state index contributed by atoms with van der Waals surface area (Å²) in [6.45, 7) is 4.21. The molecule has 2 aromatic rings. The number of benzene rings is 2. The lowest BCUT2D eigenvalue weighted by Crippen LogP contribution is -2.35. The Hall–Kier alpha value is -2.71. The first-order valence-corrected chi connectivity index (χ1v) is 11.8. The molecule has 1 aliphatic rings. The molecule has 8 heteroatoms. The predicted molar refractivity (Wildman–Crippen MR) is 116 cm³/mol. The van der Waals surface area contributed by atoms with Crippen molar-refractivity contribution < 1.29 is 27.5 Å². The fourth-order valence-electron chi connectivity index (χ4n) is 3.48. The van der Waals surface area contributed by atoms with Crippen LogP contribution < -0.4 is 4.74 Å². The van der Waals surface area contributed by atoms with Crippen LogP contribution in [-0.4, -0.2) is 50.8 Å². The number of aryl methyl sites for hydroxylation is 1. The molecule has 1 fully saturated rings. The second kappa shape index (κ2) is 10.1. The minimum atomic E-state index is -3.64. The number of hydrogen-bond donors (Lipinski definition) is 0. The van der Waals surface area contributed by atoms with Gasteiger partial charge in [0.25, 0.3) is 0 Å². The van der Waals surface area contributed by atoms with E-state index in [9.17, 15) is 18.0 Å². The Morgan fingerprint density at radius 2 is 1.68 bits per heavy atom. The number of sulfonamides is 1. The minimum Gasteiger partial charge on any atom is -0.489 e. The van der Waals surface area contributed by atoms with E-state index in [-0.39, 0.29) is 29.5 Å². The van der Waals surface area contributed by atoms with E-state index in [1.807, 2.05) is 0 Å². The van der Waals surface area contributed by atoms with Crippen LogP contribution in [0.4, 0.5) is 0 Å². The molecule has 0 spiro atoms. The highest BCUT2D eigenvalue weighted by atomic mass is 32.2. The molecule has 2 aromatic carbocycles. The molecule has 0 atom stereocenters. The Kier molecular flexibility index (Phi) is 7.46. The molecule has 0 amide bonds. The first-order valence-electron chi connectivity index (χ1n) is 10.3. The van der Waals surface area contributed by atoms with Crippen LogP contribution in [0, 0.1) is 6.92 Å². The van der Waals surface area contributed by atoms with Crippen molar-refractivity contribution >= 4 is 21.8 Å². The quantitative estimate of drug-likeness (QED) is 0.350. The fourth-order valence-corrected chi connectivity index (χ4v) is 5.03. The predicted octanol–water partition coefficient (Wildman–Crippen LogP) is 3.61. The van der Waals surface area contributed by atoms with Crippen LogP contribution in [0.3, 0.4) is 0 Å². The van der Waals surface area contributed by atoms with Gasteiger partial charge in [-0.25, -0.2) is 13.2 Å². The molecule has 7 nitrogen and oxygen atoms in total. The highest BCUT2D eigenvalue weighted by Crippen LogP contribution is 2.23. The third-order valence-electron chi connectivity index (χ3n) is 5.22. The molecular weight excluding hydrogens is 418 g/mol. The van der Waals surface area contributed by atoms with Crippen molar-refractivity contribution in [3.8, 4) is 5.75 Å². The second-order valence-corrected chi connectivity index (χ2v) is 9.42. The van der Waals surface area contributed by atoms with Crippen molar-refractivity contribution in [1.29, 1.82) is 0 Å². The maximum atomic E-state index is 12.9. The summed E-state index contributed by atoms with van der Waals surface area (Å²) in [6.07, 6.45) is 2.70. The number of esters is 1. The van der Waals surface area contributed by atoms with E-state index >= 15 is 0 Å². The zero-order valence-electron chi connectivity index (χ0n) is 17.8. The highest BCUT2D eigenvalue weighted by molar-refractivity contribution is 7.89. The molecule has 3 rings (SSSR count). The second-order valence-electron chi connectivity index (χ2n) is 7.48. The standard InChI is InChI=1S/C23H27NO6S/c1-17-10-11-19(31(27,28)24-12-6-3-7-13-24)16-21(17)23(26)30-15-14-29-22-9-5-4-8-20(22)18(2)25/h4-5,8-11,16H,3,6-7,12-15H2,1-2H3. The van der Waals surface area contributed by atoms with Gasteiger partial charge in [-0.15, -0.1) is 0 Å². The van der Waals surface area contributed by atoms with Gasteiger partial charge in [-0.3, -0.25) is 4.79 Å². The van der Waals surface area contributed by atoms with Crippen molar-refractivity contribution in [2.24, 2.45) is 0 Å². The average molecular weight is 446 g/mol. The van der Waals surface area contributed by atoms with Crippen molar-refractivity contribution in [1.82, 2.24) is 4.31 Å². The Morgan fingerprint density at radius 1 is 0.968 bits per heavy atom. The van der Waals surface area contributed by atoms with Gasteiger partial charge in [-0.1, -0.05) is 24.6 Å². The molecule has 1 aliphatic heterocycles. The van der Waals surface area contributed by atoms with Crippen LogP contribution in [-0.2, 0) is 14.8 Å². The monoisotopic (exact) mass is 445 g/mol. The normalized spacial score (nSPS) is 14.8. The number of nitrogens with zero attached hydrogens (tertiary/aromatic N) is 1. The molecule has 0 N–H and O–H groups in total. The largest absolute Gasteiger partial charge is 0.489 e. The van der Waals surface area contributed by atoms with E-state index in [4.69, 9.17) is 9.47 Å². The van der Waals surface area contributed by atoms with Gasteiger partial charge < -0.3 is 9.47 Å². The zero-order chi connectivity index (χ0) is 22.4. The topological polar surface area (TPSA) is 90.0 Å². The molecule has 0 aliphatic carbocycles. The third-order valence-corrected chi connectivity index (χ3v) is 7.12. The number of carbonyl (C=O) groups excluding carboxylic acids is 2. The van der Waals surface area contributed by atoms with Crippen molar-refractivity contribution in [3.05, 3.63) is 59.2 Å². The first kappa shape index (κ1) is 23.0. The highest BCUT2D eigenvalue weighted by Gasteiger charge is 2.27. The van der Waals surface area contributed by atoms with Crippen LogP contribution in [0.25, 0.3) is 0 Å². The molecule has 0 saturated carbocycles. The summed E-state index contributed by atoms with van der Waals surface area (Å²) in [7, 11) is -3.64. The van der Waals surface area contributed by atoms with E-state index in [1.54, 1.807) is 37.3 Å². The summed E-state index contributed by atoms with van der Waals surface area (Å²) in [5.41, 5.74) is 1.30. The minimum absolute atomic E-state index is 0.0341. The molecule has 31 heavy (non-hydrogen) atoms. The van der Waals surface area contributed by atoms with Gasteiger partial charge in [0.15, 0.2) is 5.78 Å². The Balaban J connectivity index is 1.64. The van der Waals surface area contributed by atoms with Gasteiger partial charge in [0, 0.05) is 13.1 Å². The van der Waals surface area contributed by atoms with Gasteiger partial charge in [0.2, 0.25) is 10.0 Å². The molecule has 1 heterocycles. The van der Waals surface area contributed by atoms with Crippen LogP contribution in [0.15, 0.2) is 47.4 Å². The summed E-state index contributed by atoms with van der Waals surface area (Å²) in [5, 5.41) is 0. The van der Waals surface area contributed by atoms with Gasteiger partial charge in [-0.2, -0.15) is 4.31 Å². The summed E-state index contributed by atoms with van der Waals surface area (Å²) >= 11 is 0. The molecular formula is C23H27NO6S. The Morgan fingerprint density at radius 3 is 2.39 bits per heavy atom. The van der Waals surface area contributed by atoms with E-state index in [1.165, 1.54) is 23.4 Å². The number of rotatable bonds is 8. The van der Waals surface area contributed by atoms with E-state index in [0.717, 1.165) is 19.3 Å². The van der Waals surface area contributed by atoms with E-state index in [2.05, 4.69) is 0 Å². The van der Waals surface area contributed by atoms with Gasteiger partial charge >= 0.3 is 5.97 Å². The molecule has 0 unspecified atom stereocenters. The van der Waals surface area contributed by atoms with Crippen molar-refractivity contribution in [2.75, 3.05) is 26.3 Å². The zero-order valence-corrected chi connectivity index (χ0v) is 18.6. The number of piperidine rings is 1. The lowest BCUT2D eigenvalue weighted by atomic mass is 10.1. The summed E-state index contributed by atoms with van der Waals surface area (Å²) in [4.78, 5) is 24.3. The smallest absolute Gasteiger partial charge is 0.338 e. The Bertz CT molecular complexity index is 1060. The number of ketones is 1. The van der Waals surface area contributed by atoms with E-state index < -0.39 is 16.0 Å². The van der Waals surface area contributed by atoms with Crippen molar-refractivity contribution in [3.63, 3.8) is 0 Å². The molecule has 0 aromatic heterocycles. The lowest BCUT2D eigenvalue weighted by Gasteiger charge is -2.26. The molecule has 1 saturated heterocycles. The average Bonchev–Trinajstić information content (AvgIpc) is 2.77. The maximum absolute atomic E-state index is 12.9. The number of ether oxygens (including phenoxy) is 2. The van der Waals surface area contributed by atoms with Gasteiger partial charge in [-0.05, 0) is 56.5 Å². The van der Waals surface area contributed by atoms with Crippen LogP contribution in [0.2, 0.25) is 0 Å². The number of hydrogen-bond acceptors (Lipinski definition) is 6. The molecule has 0 radical (unpaired) electrons. The van der Waals surface area contributed by atoms with E-state index in [0.29, 0.717) is 30.0 Å².